The summed E-state index contributed by atoms with van der Waals surface area (Å²) in [6.07, 6.45) is 8.56. The van der Waals surface area contributed by atoms with E-state index in [1.807, 2.05) is 24.3 Å². The Bertz CT molecular complexity index is 1430. The molecule has 0 bridgehead atoms. The van der Waals surface area contributed by atoms with Crippen molar-refractivity contribution < 1.29 is 9.59 Å². The number of nitrogens with one attached hydrogen (secondary N) is 3. The number of rotatable bonds is 8. The van der Waals surface area contributed by atoms with Crippen molar-refractivity contribution in [1.29, 1.82) is 0 Å². The first-order valence-corrected chi connectivity index (χ1v) is 16.1. The first-order chi connectivity index (χ1) is 20.8. The number of amidine groups is 1. The van der Waals surface area contributed by atoms with Gasteiger partial charge in [0.2, 0.25) is 0 Å². The van der Waals surface area contributed by atoms with Crippen molar-refractivity contribution in [2.45, 2.75) is 91.8 Å². The number of hydrazine groups is 1. The highest BCUT2D eigenvalue weighted by Gasteiger charge is 2.52. The molecule has 1 aromatic heterocycles. The van der Waals surface area contributed by atoms with Gasteiger partial charge in [-0.25, -0.2) is 5.43 Å². The molecule has 5 rings (SSSR count). The van der Waals surface area contributed by atoms with Crippen molar-refractivity contribution in [3.8, 4) is 0 Å². The smallest absolute Gasteiger partial charge is 0.275 e. The maximum Gasteiger partial charge on any atom is 0.275 e. The Hall–Kier alpha value is -3.30. The number of aromatic nitrogens is 1. The zero-order valence-electron chi connectivity index (χ0n) is 26.8. The normalized spacial score (nSPS) is 22.9. The first-order valence-electron chi connectivity index (χ1n) is 15.7. The van der Waals surface area contributed by atoms with Crippen LogP contribution in [0.4, 0.5) is 0 Å². The van der Waals surface area contributed by atoms with Crippen molar-refractivity contribution >= 4 is 35.0 Å². The van der Waals surface area contributed by atoms with Gasteiger partial charge in [-0.2, -0.15) is 0 Å². The highest BCUT2D eigenvalue weighted by Crippen LogP contribution is 2.50. The molecule has 2 amide bonds. The van der Waals surface area contributed by atoms with Gasteiger partial charge < -0.3 is 15.6 Å². The average Bonchev–Trinajstić information content (AvgIpc) is 3.58. The van der Waals surface area contributed by atoms with Crippen molar-refractivity contribution in [2.24, 2.45) is 26.7 Å². The Labute approximate surface area is 266 Å². The van der Waals surface area contributed by atoms with Crippen molar-refractivity contribution in [1.82, 2.24) is 26.1 Å². The van der Waals surface area contributed by atoms with E-state index in [2.05, 4.69) is 72.6 Å². The molecule has 0 saturated heterocycles. The SMILES string of the molecule is CC(C)(C)CC[C@H](c1ccc(C(=O)NCC2=NCNN2)cc1)N1C(=O)C(c2cncc(Cl)c2)=NC12CCC(C(C)(C)C)CC2. The van der Waals surface area contributed by atoms with Crippen molar-refractivity contribution in [2.75, 3.05) is 13.2 Å². The van der Waals surface area contributed by atoms with Gasteiger partial charge >= 0.3 is 0 Å². The highest BCUT2D eigenvalue weighted by molar-refractivity contribution is 6.47. The number of benzene rings is 1. The number of carbonyl (C=O) groups excluding carboxylic acids is 2. The van der Waals surface area contributed by atoms with Gasteiger partial charge in [-0.1, -0.05) is 65.3 Å². The third-order valence-electron chi connectivity index (χ3n) is 9.21. The Morgan fingerprint density at radius 1 is 1.11 bits per heavy atom. The molecule has 1 fully saturated rings. The van der Waals surface area contributed by atoms with Crippen LogP contribution in [-0.2, 0) is 4.79 Å². The quantitative estimate of drug-likeness (QED) is 0.333. The molecule has 3 N–H and O–H groups in total. The van der Waals surface area contributed by atoms with E-state index in [-0.39, 0.29) is 28.7 Å². The standard InChI is InChI=1S/C34H46ClN7O2/c1-32(2,3)14-13-27(22-7-9-23(10-8-22)30(43)37-20-28-38-21-39-41-28)42-31(44)29(24-17-26(35)19-36-18-24)40-34(42)15-11-25(12-16-34)33(4,5)6/h7-10,17-19,25,27,39H,11-16,20-21H2,1-6H3,(H,37,43)(H,38,41)/t25?,27-,34?/m1/s1. The molecule has 3 aliphatic rings. The van der Waals surface area contributed by atoms with Gasteiger partial charge in [-0.3, -0.25) is 24.6 Å². The molecule has 1 aliphatic carbocycles. The number of hydrogen-bond acceptors (Lipinski definition) is 7. The highest BCUT2D eigenvalue weighted by atomic mass is 35.5. The number of pyridine rings is 1. The monoisotopic (exact) mass is 619 g/mol. The lowest BCUT2D eigenvalue weighted by Crippen LogP contribution is -2.51. The van der Waals surface area contributed by atoms with Gasteiger partial charge in [-0.15, -0.1) is 0 Å². The molecule has 9 nitrogen and oxygen atoms in total. The Balaban J connectivity index is 1.48. The third kappa shape index (κ3) is 7.15. The molecule has 44 heavy (non-hydrogen) atoms. The molecule has 2 aliphatic heterocycles. The molecule has 236 valence electrons. The lowest BCUT2D eigenvalue weighted by atomic mass is 9.69. The van der Waals surface area contributed by atoms with Crippen molar-refractivity contribution in [3.05, 3.63) is 64.4 Å². The van der Waals surface area contributed by atoms with Crippen LogP contribution in [0.1, 0.15) is 108 Å². The van der Waals surface area contributed by atoms with E-state index >= 15 is 0 Å². The lowest BCUT2D eigenvalue weighted by Gasteiger charge is -2.47. The molecule has 3 heterocycles. The largest absolute Gasteiger partial charge is 0.345 e. The molecule has 1 spiro atoms. The molecular weight excluding hydrogens is 574 g/mol. The summed E-state index contributed by atoms with van der Waals surface area (Å²) in [4.78, 5) is 43.3. The molecule has 1 atom stereocenters. The zero-order chi connectivity index (χ0) is 31.7. The fourth-order valence-corrected chi connectivity index (χ4v) is 6.80. The van der Waals surface area contributed by atoms with Gasteiger partial charge in [0, 0.05) is 23.5 Å². The van der Waals surface area contributed by atoms with E-state index in [0.717, 1.165) is 44.1 Å². The molecule has 0 radical (unpaired) electrons. The summed E-state index contributed by atoms with van der Waals surface area (Å²) >= 11 is 6.32. The summed E-state index contributed by atoms with van der Waals surface area (Å²) in [5.74, 6) is 1.00. The van der Waals surface area contributed by atoms with Gasteiger partial charge in [0.05, 0.1) is 17.6 Å². The van der Waals surface area contributed by atoms with E-state index in [0.29, 0.717) is 46.8 Å². The van der Waals surface area contributed by atoms with Crippen LogP contribution in [-0.4, -0.2) is 52.1 Å². The number of nitrogens with zero attached hydrogens (tertiary/aromatic N) is 4. The Kier molecular flexibility index (Phi) is 9.19. The van der Waals surface area contributed by atoms with Crippen molar-refractivity contribution in [3.63, 3.8) is 0 Å². The van der Waals surface area contributed by atoms with Crippen LogP contribution < -0.4 is 16.2 Å². The van der Waals surface area contributed by atoms with Crippen LogP contribution in [0.5, 0.6) is 0 Å². The van der Waals surface area contributed by atoms with Crippen LogP contribution in [0.2, 0.25) is 5.02 Å². The lowest BCUT2D eigenvalue weighted by molar-refractivity contribution is -0.134. The predicted molar refractivity (Wildman–Crippen MR) is 176 cm³/mol. The van der Waals surface area contributed by atoms with Gasteiger partial charge in [0.15, 0.2) is 0 Å². The number of halogens is 1. The van der Waals surface area contributed by atoms with E-state index in [1.165, 1.54) is 0 Å². The Morgan fingerprint density at radius 2 is 1.82 bits per heavy atom. The number of carbonyl (C=O) groups is 2. The predicted octanol–water partition coefficient (Wildman–Crippen LogP) is 6.06. The van der Waals surface area contributed by atoms with Crippen LogP contribution in [0.15, 0.2) is 52.7 Å². The average molecular weight is 620 g/mol. The summed E-state index contributed by atoms with van der Waals surface area (Å²) in [6.45, 7) is 14.4. The summed E-state index contributed by atoms with van der Waals surface area (Å²) in [6, 6.07) is 9.27. The summed E-state index contributed by atoms with van der Waals surface area (Å²) in [7, 11) is 0. The molecule has 2 aromatic rings. The van der Waals surface area contributed by atoms with Crippen LogP contribution in [0, 0.1) is 16.7 Å². The van der Waals surface area contributed by atoms with E-state index in [4.69, 9.17) is 16.6 Å². The molecular formula is C34H46ClN7O2. The van der Waals surface area contributed by atoms with E-state index in [9.17, 15) is 9.59 Å². The summed E-state index contributed by atoms with van der Waals surface area (Å²) < 4.78 is 0. The third-order valence-corrected chi connectivity index (χ3v) is 9.42. The molecule has 1 aromatic carbocycles. The van der Waals surface area contributed by atoms with Crippen LogP contribution >= 0.6 is 11.6 Å². The fraction of sp³-hybridized carbons (Fsp3) is 0.559. The minimum absolute atomic E-state index is 0.0737. The second kappa shape index (κ2) is 12.6. The number of amides is 2. The van der Waals surface area contributed by atoms with Crippen LogP contribution in [0.25, 0.3) is 0 Å². The maximum atomic E-state index is 14.5. The first kappa shape index (κ1) is 32.1. The van der Waals surface area contributed by atoms with Gasteiger partial charge in [-0.05, 0) is 79.0 Å². The minimum atomic E-state index is -0.641. The molecule has 10 heteroatoms. The fourth-order valence-electron chi connectivity index (χ4n) is 6.63. The Morgan fingerprint density at radius 3 is 2.41 bits per heavy atom. The maximum absolute atomic E-state index is 14.5. The summed E-state index contributed by atoms with van der Waals surface area (Å²) in [5, 5.41) is 3.40. The topological polar surface area (TPSA) is 111 Å². The number of hydrogen-bond donors (Lipinski definition) is 3. The van der Waals surface area contributed by atoms with Gasteiger partial charge in [0.25, 0.3) is 11.8 Å². The minimum Gasteiger partial charge on any atom is -0.345 e. The molecule has 0 unspecified atom stereocenters. The van der Waals surface area contributed by atoms with E-state index < -0.39 is 5.66 Å². The van der Waals surface area contributed by atoms with Crippen LogP contribution in [0.3, 0.4) is 0 Å². The second-order valence-electron chi connectivity index (χ2n) is 14.6. The molecule has 1 saturated carbocycles. The summed E-state index contributed by atoms with van der Waals surface area (Å²) in [5.41, 5.74) is 8.11. The number of aliphatic imine (C=N–C) groups is 2. The zero-order valence-corrected chi connectivity index (χ0v) is 27.6. The van der Waals surface area contributed by atoms with E-state index in [1.54, 1.807) is 18.5 Å². The van der Waals surface area contributed by atoms with Gasteiger partial charge in [0.1, 0.15) is 23.9 Å². The second-order valence-corrected chi connectivity index (χ2v) is 15.1.